The first kappa shape index (κ1) is 17.8. The van der Waals surface area contributed by atoms with E-state index in [1.165, 1.54) is 11.1 Å². The Morgan fingerprint density at radius 2 is 2.09 bits per heavy atom. The lowest BCUT2D eigenvalue weighted by Gasteiger charge is -2.40. The molecule has 4 heteroatoms. The van der Waals surface area contributed by atoms with Gasteiger partial charge in [-0.15, -0.1) is 0 Å². The van der Waals surface area contributed by atoms with Crippen molar-refractivity contribution in [2.75, 3.05) is 26.3 Å². The predicted molar refractivity (Wildman–Crippen MR) is 91.5 cm³/mol. The van der Waals surface area contributed by atoms with Crippen molar-refractivity contribution in [1.82, 2.24) is 4.90 Å². The maximum Gasteiger partial charge on any atom is 0.409 e. The highest BCUT2D eigenvalue weighted by atomic mass is 16.6. The molecule has 0 unspecified atom stereocenters. The molecule has 1 fully saturated rings. The minimum Gasteiger partial charge on any atom is -0.449 e. The van der Waals surface area contributed by atoms with Gasteiger partial charge in [-0.2, -0.15) is 0 Å². The molecule has 1 saturated heterocycles. The van der Waals surface area contributed by atoms with Crippen molar-refractivity contribution in [2.45, 2.75) is 46.0 Å². The number of benzene rings is 1. The molecule has 1 aliphatic rings. The van der Waals surface area contributed by atoms with E-state index < -0.39 is 0 Å². The Morgan fingerprint density at radius 3 is 2.70 bits per heavy atom. The second-order valence-corrected chi connectivity index (χ2v) is 6.78. The first-order valence-corrected chi connectivity index (χ1v) is 8.67. The van der Waals surface area contributed by atoms with Gasteiger partial charge in [-0.1, -0.05) is 43.2 Å². The number of nitrogens with zero attached hydrogens (tertiary/aromatic N) is 1. The number of hydrogen-bond acceptors (Lipinski definition) is 3. The van der Waals surface area contributed by atoms with Crippen molar-refractivity contribution in [2.24, 2.45) is 5.41 Å². The van der Waals surface area contributed by atoms with Crippen molar-refractivity contribution in [1.29, 1.82) is 0 Å². The normalized spacial score (nSPS) is 17.1. The van der Waals surface area contributed by atoms with E-state index in [4.69, 9.17) is 4.74 Å². The number of aliphatic hydroxyl groups excluding tert-OH is 1. The minimum absolute atomic E-state index is 0.117. The number of aliphatic hydroxyl groups is 1. The molecular formula is C19H29NO3. The first-order valence-electron chi connectivity index (χ1n) is 8.67. The number of ether oxygens (including phenoxy) is 1. The van der Waals surface area contributed by atoms with Gasteiger partial charge in [0, 0.05) is 25.1 Å². The van der Waals surface area contributed by atoms with Crippen LogP contribution >= 0.6 is 0 Å². The van der Waals surface area contributed by atoms with Crippen molar-refractivity contribution in [3.63, 3.8) is 0 Å². The summed E-state index contributed by atoms with van der Waals surface area (Å²) in [6.45, 7) is 6.16. The Hall–Kier alpha value is -1.55. The third kappa shape index (κ3) is 4.96. The van der Waals surface area contributed by atoms with Gasteiger partial charge in [0.15, 0.2) is 0 Å². The Morgan fingerprint density at radius 1 is 1.35 bits per heavy atom. The fourth-order valence-electron chi connectivity index (χ4n) is 3.20. The van der Waals surface area contributed by atoms with Crippen molar-refractivity contribution < 1.29 is 14.6 Å². The second kappa shape index (κ2) is 8.34. The molecule has 4 nitrogen and oxygen atoms in total. The maximum atomic E-state index is 12.0. The fourth-order valence-corrected chi connectivity index (χ4v) is 3.20. The molecule has 1 amide bonds. The average molecular weight is 319 g/mol. The molecule has 0 atom stereocenters. The molecule has 0 spiro atoms. The lowest BCUT2D eigenvalue weighted by molar-refractivity contribution is 0.0339. The number of piperidine rings is 1. The summed E-state index contributed by atoms with van der Waals surface area (Å²) >= 11 is 0. The van der Waals surface area contributed by atoms with Crippen LogP contribution in [0.15, 0.2) is 24.3 Å². The lowest BCUT2D eigenvalue weighted by atomic mass is 9.74. The van der Waals surface area contributed by atoms with E-state index in [0.29, 0.717) is 19.7 Å². The topological polar surface area (TPSA) is 49.8 Å². The van der Waals surface area contributed by atoms with Crippen LogP contribution in [0.1, 0.15) is 43.7 Å². The monoisotopic (exact) mass is 319 g/mol. The van der Waals surface area contributed by atoms with Crippen LogP contribution in [0.25, 0.3) is 0 Å². The number of likely N-dealkylation sites (tertiary alicyclic amines) is 1. The zero-order valence-corrected chi connectivity index (χ0v) is 14.4. The van der Waals surface area contributed by atoms with Gasteiger partial charge in [-0.3, -0.25) is 0 Å². The molecule has 0 aliphatic carbocycles. The van der Waals surface area contributed by atoms with Crippen LogP contribution in [-0.4, -0.2) is 42.4 Å². The molecule has 23 heavy (non-hydrogen) atoms. The van der Waals surface area contributed by atoms with Crippen LogP contribution in [-0.2, 0) is 11.2 Å². The second-order valence-electron chi connectivity index (χ2n) is 6.78. The summed E-state index contributed by atoms with van der Waals surface area (Å²) in [5.41, 5.74) is 2.39. The van der Waals surface area contributed by atoms with Crippen LogP contribution in [0.3, 0.4) is 0 Å². The summed E-state index contributed by atoms with van der Waals surface area (Å²) in [5.74, 6) is 0. The van der Waals surface area contributed by atoms with Gasteiger partial charge >= 0.3 is 6.09 Å². The molecule has 1 aromatic carbocycles. The van der Waals surface area contributed by atoms with E-state index >= 15 is 0 Å². The number of hydrogen-bond donors (Lipinski definition) is 1. The van der Waals surface area contributed by atoms with Crippen molar-refractivity contribution in [3.8, 4) is 0 Å². The molecule has 2 rings (SSSR count). The molecule has 0 bridgehead atoms. The van der Waals surface area contributed by atoms with E-state index in [-0.39, 0.29) is 18.1 Å². The Labute approximate surface area is 139 Å². The van der Waals surface area contributed by atoms with E-state index in [9.17, 15) is 9.90 Å². The summed E-state index contributed by atoms with van der Waals surface area (Å²) in [6.07, 6.45) is 4.23. The summed E-state index contributed by atoms with van der Waals surface area (Å²) in [5, 5.41) is 9.94. The van der Waals surface area contributed by atoms with Gasteiger partial charge < -0.3 is 14.7 Å². The summed E-state index contributed by atoms with van der Waals surface area (Å²) in [6, 6.07) is 8.46. The maximum absolute atomic E-state index is 12.0. The number of aryl methyl sites for hydroxylation is 1. The van der Waals surface area contributed by atoms with Crippen LogP contribution in [0.2, 0.25) is 0 Å². The van der Waals surface area contributed by atoms with Gasteiger partial charge in [0.25, 0.3) is 0 Å². The van der Waals surface area contributed by atoms with Gasteiger partial charge in [-0.05, 0) is 38.2 Å². The third-order valence-corrected chi connectivity index (χ3v) is 4.80. The molecule has 1 aromatic rings. The summed E-state index contributed by atoms with van der Waals surface area (Å²) in [7, 11) is 0. The number of carbonyl (C=O) groups excluding carboxylic acids is 1. The lowest BCUT2D eigenvalue weighted by Crippen LogP contribution is -2.45. The largest absolute Gasteiger partial charge is 0.449 e. The highest BCUT2D eigenvalue weighted by Crippen LogP contribution is 2.35. The zero-order chi connectivity index (χ0) is 16.7. The van der Waals surface area contributed by atoms with Crippen LogP contribution < -0.4 is 0 Å². The Kier molecular flexibility index (Phi) is 6.46. The predicted octanol–water partition coefficient (Wildman–Crippen LogP) is 3.55. The highest BCUT2D eigenvalue weighted by molar-refractivity contribution is 5.67. The van der Waals surface area contributed by atoms with Crippen molar-refractivity contribution >= 4 is 6.09 Å². The van der Waals surface area contributed by atoms with E-state index in [1.54, 1.807) is 4.90 Å². The standard InChI is InChI=1S/C19H29NO3/c1-3-4-12-23-18(22)20-10-8-19(15-21,9-11-20)14-17-7-5-6-16(2)13-17/h5-7,13,21H,3-4,8-12,14-15H2,1-2H3. The number of unbranched alkanes of at least 4 members (excludes halogenated alkanes) is 1. The fraction of sp³-hybridized carbons (Fsp3) is 0.632. The average Bonchev–Trinajstić information content (AvgIpc) is 2.55. The zero-order valence-electron chi connectivity index (χ0n) is 14.4. The number of amides is 1. The third-order valence-electron chi connectivity index (χ3n) is 4.80. The molecule has 1 heterocycles. The smallest absolute Gasteiger partial charge is 0.409 e. The van der Waals surface area contributed by atoms with Crippen molar-refractivity contribution in [3.05, 3.63) is 35.4 Å². The molecule has 1 N–H and O–H groups in total. The van der Waals surface area contributed by atoms with Crippen LogP contribution in [0.5, 0.6) is 0 Å². The molecule has 0 saturated carbocycles. The van der Waals surface area contributed by atoms with E-state index in [2.05, 4.69) is 38.1 Å². The summed E-state index contributed by atoms with van der Waals surface area (Å²) < 4.78 is 5.28. The van der Waals surface area contributed by atoms with E-state index in [1.807, 2.05) is 0 Å². The molecular weight excluding hydrogens is 290 g/mol. The first-order chi connectivity index (χ1) is 11.1. The van der Waals surface area contributed by atoms with Gasteiger partial charge in [0.05, 0.1) is 6.61 Å². The molecule has 1 aliphatic heterocycles. The molecule has 128 valence electrons. The van der Waals surface area contributed by atoms with Crippen LogP contribution in [0.4, 0.5) is 4.79 Å². The van der Waals surface area contributed by atoms with Gasteiger partial charge in [0.2, 0.25) is 0 Å². The molecule has 0 radical (unpaired) electrons. The van der Waals surface area contributed by atoms with E-state index in [0.717, 1.165) is 32.1 Å². The number of carbonyl (C=O) groups is 1. The Balaban J connectivity index is 1.90. The minimum atomic E-state index is -0.208. The highest BCUT2D eigenvalue weighted by Gasteiger charge is 2.36. The van der Waals surface area contributed by atoms with Gasteiger partial charge in [0.1, 0.15) is 0 Å². The number of rotatable bonds is 6. The summed E-state index contributed by atoms with van der Waals surface area (Å²) in [4.78, 5) is 13.8. The van der Waals surface area contributed by atoms with Gasteiger partial charge in [-0.25, -0.2) is 4.79 Å². The molecule has 0 aromatic heterocycles. The van der Waals surface area contributed by atoms with Crippen LogP contribution in [0, 0.1) is 12.3 Å². The quantitative estimate of drug-likeness (QED) is 0.816. The Bertz CT molecular complexity index is 507. The SMILES string of the molecule is CCCCOC(=O)N1CCC(CO)(Cc2cccc(C)c2)CC1.